The fourth-order valence-electron chi connectivity index (χ4n) is 1.63. The summed E-state index contributed by atoms with van der Waals surface area (Å²) in [5.41, 5.74) is 0.867. The van der Waals surface area contributed by atoms with Crippen LogP contribution in [0.15, 0.2) is 24.5 Å². The fraction of sp³-hybridized carbons (Fsp3) is 0.500. The molecule has 1 aromatic rings. The Balaban J connectivity index is 2.47. The number of carbonyl (C=O) groups excluding carboxylic acids is 2. The van der Waals surface area contributed by atoms with Crippen molar-refractivity contribution in [2.75, 3.05) is 13.2 Å². The summed E-state index contributed by atoms with van der Waals surface area (Å²) < 4.78 is 4.72. The molecule has 1 amide bonds. The number of hydrogen-bond acceptors (Lipinski definition) is 4. The lowest BCUT2D eigenvalue weighted by atomic mass is 9.85. The molecular weight excluding hydrogens is 244 g/mol. The third-order valence-electron chi connectivity index (χ3n) is 2.80. The van der Waals surface area contributed by atoms with Crippen LogP contribution in [0, 0.1) is 0 Å². The lowest BCUT2D eigenvalue weighted by Gasteiger charge is -2.25. The topological polar surface area (TPSA) is 68.3 Å². The van der Waals surface area contributed by atoms with Crippen molar-refractivity contribution in [2.45, 2.75) is 32.6 Å². The quantitative estimate of drug-likeness (QED) is 0.623. The number of hydrogen-bond donors (Lipinski definition) is 1. The molecule has 1 N–H and O–H groups in total. The first-order valence-electron chi connectivity index (χ1n) is 6.28. The zero-order valence-corrected chi connectivity index (χ0v) is 11.6. The van der Waals surface area contributed by atoms with Crippen molar-refractivity contribution in [3.63, 3.8) is 0 Å². The average molecular weight is 264 g/mol. The molecule has 0 saturated heterocycles. The predicted molar refractivity (Wildman–Crippen MR) is 71.5 cm³/mol. The first-order valence-corrected chi connectivity index (χ1v) is 6.28. The van der Waals surface area contributed by atoms with Crippen molar-refractivity contribution in [3.8, 4) is 0 Å². The SMILES string of the molecule is CCOC(=O)CC(=O)NCC(C)(C)c1ccncc1. The lowest BCUT2D eigenvalue weighted by Crippen LogP contribution is -2.37. The monoisotopic (exact) mass is 264 g/mol. The molecule has 0 atom stereocenters. The van der Waals surface area contributed by atoms with E-state index in [1.54, 1.807) is 19.3 Å². The molecule has 0 aromatic carbocycles. The van der Waals surface area contributed by atoms with Gasteiger partial charge >= 0.3 is 5.97 Å². The van der Waals surface area contributed by atoms with E-state index in [-0.39, 0.29) is 24.3 Å². The largest absolute Gasteiger partial charge is 0.466 e. The van der Waals surface area contributed by atoms with Gasteiger partial charge in [0.25, 0.3) is 0 Å². The van der Waals surface area contributed by atoms with E-state index in [2.05, 4.69) is 10.3 Å². The Labute approximate surface area is 113 Å². The summed E-state index contributed by atoms with van der Waals surface area (Å²) in [5.74, 6) is -0.817. The molecule has 1 heterocycles. The number of nitrogens with zero attached hydrogens (tertiary/aromatic N) is 1. The molecule has 19 heavy (non-hydrogen) atoms. The maximum atomic E-state index is 11.6. The van der Waals surface area contributed by atoms with E-state index >= 15 is 0 Å². The van der Waals surface area contributed by atoms with Gasteiger partial charge in [-0.05, 0) is 24.6 Å². The summed E-state index contributed by atoms with van der Waals surface area (Å²) in [6.45, 7) is 6.49. The van der Waals surface area contributed by atoms with Crippen LogP contribution in [0.25, 0.3) is 0 Å². The van der Waals surface area contributed by atoms with E-state index in [0.29, 0.717) is 6.54 Å². The van der Waals surface area contributed by atoms with Gasteiger partial charge in [0.1, 0.15) is 6.42 Å². The molecule has 0 aliphatic heterocycles. The molecule has 104 valence electrons. The van der Waals surface area contributed by atoms with Crippen molar-refractivity contribution in [1.82, 2.24) is 10.3 Å². The minimum Gasteiger partial charge on any atom is -0.466 e. The van der Waals surface area contributed by atoms with E-state index in [0.717, 1.165) is 5.56 Å². The van der Waals surface area contributed by atoms with E-state index in [9.17, 15) is 9.59 Å². The summed E-state index contributed by atoms with van der Waals surface area (Å²) in [6, 6.07) is 3.83. The highest BCUT2D eigenvalue weighted by atomic mass is 16.5. The van der Waals surface area contributed by atoms with Gasteiger partial charge in [0, 0.05) is 24.4 Å². The number of nitrogens with one attached hydrogen (secondary N) is 1. The van der Waals surface area contributed by atoms with Gasteiger partial charge in [-0.15, -0.1) is 0 Å². The maximum Gasteiger partial charge on any atom is 0.315 e. The second-order valence-corrected chi connectivity index (χ2v) is 4.88. The van der Waals surface area contributed by atoms with Gasteiger partial charge in [0.05, 0.1) is 6.61 Å². The molecule has 0 fully saturated rings. The van der Waals surface area contributed by atoms with Crippen molar-refractivity contribution in [3.05, 3.63) is 30.1 Å². The molecule has 0 saturated carbocycles. The van der Waals surface area contributed by atoms with Gasteiger partial charge in [-0.25, -0.2) is 0 Å². The molecule has 0 spiro atoms. The fourth-order valence-corrected chi connectivity index (χ4v) is 1.63. The Hall–Kier alpha value is -1.91. The van der Waals surface area contributed by atoms with E-state index < -0.39 is 5.97 Å². The second-order valence-electron chi connectivity index (χ2n) is 4.88. The number of pyridine rings is 1. The highest BCUT2D eigenvalue weighted by molar-refractivity contribution is 5.94. The Bertz CT molecular complexity index is 430. The Morgan fingerprint density at radius 3 is 2.53 bits per heavy atom. The second kappa shape index (κ2) is 6.87. The van der Waals surface area contributed by atoms with Crippen molar-refractivity contribution in [2.24, 2.45) is 0 Å². The number of aromatic nitrogens is 1. The van der Waals surface area contributed by atoms with Gasteiger partial charge in [-0.2, -0.15) is 0 Å². The Morgan fingerprint density at radius 2 is 1.95 bits per heavy atom. The zero-order chi connectivity index (χ0) is 14.3. The normalized spacial score (nSPS) is 10.9. The summed E-state index contributed by atoms with van der Waals surface area (Å²) in [4.78, 5) is 26.7. The maximum absolute atomic E-state index is 11.6. The molecule has 0 aliphatic rings. The van der Waals surface area contributed by atoms with Crippen LogP contribution in [-0.2, 0) is 19.7 Å². The third-order valence-corrected chi connectivity index (χ3v) is 2.80. The minimum absolute atomic E-state index is 0.215. The van der Waals surface area contributed by atoms with Crippen LogP contribution in [0.4, 0.5) is 0 Å². The van der Waals surface area contributed by atoms with Crippen LogP contribution in [0.1, 0.15) is 32.8 Å². The van der Waals surface area contributed by atoms with Gasteiger partial charge in [0.15, 0.2) is 0 Å². The zero-order valence-electron chi connectivity index (χ0n) is 11.6. The molecule has 5 nitrogen and oxygen atoms in total. The van der Waals surface area contributed by atoms with Gasteiger partial charge in [0.2, 0.25) is 5.91 Å². The Morgan fingerprint density at radius 1 is 1.32 bits per heavy atom. The first-order chi connectivity index (χ1) is 8.95. The number of ether oxygens (including phenoxy) is 1. The summed E-state index contributed by atoms with van der Waals surface area (Å²) in [5, 5.41) is 2.75. The smallest absolute Gasteiger partial charge is 0.315 e. The van der Waals surface area contributed by atoms with Crippen LogP contribution in [-0.4, -0.2) is 30.0 Å². The standard InChI is InChI=1S/C14H20N2O3/c1-4-19-13(18)9-12(17)16-10-14(2,3)11-5-7-15-8-6-11/h5-8H,4,9-10H2,1-3H3,(H,16,17). The number of esters is 1. The van der Waals surface area contributed by atoms with Crippen LogP contribution in [0.2, 0.25) is 0 Å². The number of rotatable bonds is 6. The molecule has 5 heteroatoms. The Kier molecular flexibility index (Phi) is 5.48. The van der Waals surface area contributed by atoms with Crippen molar-refractivity contribution in [1.29, 1.82) is 0 Å². The molecule has 1 rings (SSSR count). The van der Waals surface area contributed by atoms with E-state index in [1.807, 2.05) is 26.0 Å². The summed E-state index contributed by atoms with van der Waals surface area (Å²) in [7, 11) is 0. The van der Waals surface area contributed by atoms with Crippen molar-refractivity contribution < 1.29 is 14.3 Å². The average Bonchev–Trinajstić information content (AvgIpc) is 2.38. The first kappa shape index (κ1) is 15.1. The highest BCUT2D eigenvalue weighted by Gasteiger charge is 2.21. The van der Waals surface area contributed by atoms with Crippen LogP contribution in [0.5, 0.6) is 0 Å². The van der Waals surface area contributed by atoms with Crippen molar-refractivity contribution >= 4 is 11.9 Å². The molecule has 0 unspecified atom stereocenters. The molecule has 0 bridgehead atoms. The van der Waals surface area contributed by atoms with Crippen LogP contribution < -0.4 is 5.32 Å². The van der Waals surface area contributed by atoms with E-state index in [4.69, 9.17) is 4.74 Å². The van der Waals surface area contributed by atoms with Gasteiger partial charge < -0.3 is 10.1 Å². The number of amides is 1. The molecule has 0 radical (unpaired) electrons. The predicted octanol–water partition coefficient (Wildman–Crippen LogP) is 1.43. The molecule has 1 aromatic heterocycles. The van der Waals surface area contributed by atoms with Crippen LogP contribution >= 0.6 is 0 Å². The number of carbonyl (C=O) groups is 2. The van der Waals surface area contributed by atoms with E-state index in [1.165, 1.54) is 0 Å². The van der Waals surface area contributed by atoms with Gasteiger partial charge in [-0.1, -0.05) is 13.8 Å². The molecule has 0 aliphatic carbocycles. The molecular formula is C14H20N2O3. The third kappa shape index (κ3) is 5.07. The minimum atomic E-state index is -0.498. The summed E-state index contributed by atoms with van der Waals surface area (Å²) in [6.07, 6.45) is 3.20. The lowest BCUT2D eigenvalue weighted by molar-refractivity contribution is -0.146. The summed E-state index contributed by atoms with van der Waals surface area (Å²) >= 11 is 0. The van der Waals surface area contributed by atoms with Gasteiger partial charge in [-0.3, -0.25) is 14.6 Å². The van der Waals surface area contributed by atoms with Crippen LogP contribution in [0.3, 0.4) is 0 Å². The highest BCUT2D eigenvalue weighted by Crippen LogP contribution is 2.21.